The summed E-state index contributed by atoms with van der Waals surface area (Å²) in [6, 6.07) is 12.1. The smallest absolute Gasteiger partial charge is 0.265 e. The van der Waals surface area contributed by atoms with E-state index in [2.05, 4.69) is 5.32 Å². The molecule has 8 heteroatoms. The molecule has 1 aliphatic heterocycles. The number of amides is 1. The lowest BCUT2D eigenvalue weighted by molar-refractivity contribution is -0.122. The third kappa shape index (κ3) is 5.12. The van der Waals surface area contributed by atoms with Crippen molar-refractivity contribution in [3.63, 3.8) is 0 Å². The van der Waals surface area contributed by atoms with Crippen LogP contribution in [0.4, 0.5) is 5.69 Å². The van der Waals surface area contributed by atoms with Crippen molar-refractivity contribution in [1.82, 2.24) is 4.31 Å². The fourth-order valence-electron chi connectivity index (χ4n) is 3.32. The minimum absolute atomic E-state index is 0.0660. The molecule has 1 saturated heterocycles. The van der Waals surface area contributed by atoms with Gasteiger partial charge in [-0.1, -0.05) is 12.1 Å². The predicted octanol–water partition coefficient (Wildman–Crippen LogP) is 3.58. The van der Waals surface area contributed by atoms with Gasteiger partial charge in [0.1, 0.15) is 16.4 Å². The van der Waals surface area contributed by atoms with Crippen LogP contribution < -0.4 is 14.8 Å². The molecule has 3 rings (SSSR count). The number of hydrogen-bond acceptors (Lipinski definition) is 5. The predicted molar refractivity (Wildman–Crippen MR) is 116 cm³/mol. The van der Waals surface area contributed by atoms with E-state index < -0.39 is 16.1 Å². The summed E-state index contributed by atoms with van der Waals surface area (Å²) in [4.78, 5) is 12.7. The first kappa shape index (κ1) is 22.1. The third-order valence-electron chi connectivity index (χ3n) is 4.87. The first-order chi connectivity index (χ1) is 14.3. The maximum atomic E-state index is 13.1. The fourth-order valence-corrected chi connectivity index (χ4v) is 4.99. The van der Waals surface area contributed by atoms with E-state index in [-0.39, 0.29) is 16.6 Å². The van der Waals surface area contributed by atoms with Crippen molar-refractivity contribution in [2.45, 2.75) is 44.6 Å². The molecular formula is C22H28N2O5S. The van der Waals surface area contributed by atoms with Gasteiger partial charge in [-0.05, 0) is 69.5 Å². The average molecular weight is 433 g/mol. The Balaban J connectivity index is 1.79. The number of hydrogen-bond donors (Lipinski definition) is 1. The number of nitrogens with one attached hydrogen (secondary N) is 1. The molecule has 2 aromatic rings. The standard InChI is InChI=1S/C22H28N2O5S/c1-4-28-20-11-10-18(15-21(20)30(26,27)24-12-5-6-13-24)23-22(25)17(3)29-19-9-7-8-16(2)14-19/h7-11,14-15,17H,4-6,12-13H2,1-3H3,(H,23,25)/t17-/m1/s1. The van der Waals surface area contributed by atoms with Gasteiger partial charge >= 0.3 is 0 Å². The van der Waals surface area contributed by atoms with Gasteiger partial charge in [0, 0.05) is 18.8 Å². The molecule has 30 heavy (non-hydrogen) atoms. The zero-order valence-corrected chi connectivity index (χ0v) is 18.4. The van der Waals surface area contributed by atoms with Crippen molar-refractivity contribution in [3.8, 4) is 11.5 Å². The van der Waals surface area contributed by atoms with Crippen molar-refractivity contribution in [2.75, 3.05) is 25.0 Å². The second-order valence-electron chi connectivity index (χ2n) is 7.27. The highest BCUT2D eigenvalue weighted by Crippen LogP contribution is 2.31. The van der Waals surface area contributed by atoms with E-state index in [1.165, 1.54) is 10.4 Å². The lowest BCUT2D eigenvalue weighted by Crippen LogP contribution is -2.31. The number of nitrogens with zero attached hydrogens (tertiary/aromatic N) is 1. The van der Waals surface area contributed by atoms with Gasteiger partial charge in [0.2, 0.25) is 10.0 Å². The molecule has 1 aliphatic rings. The van der Waals surface area contributed by atoms with Crippen LogP contribution in [0.3, 0.4) is 0 Å². The SMILES string of the molecule is CCOc1ccc(NC(=O)[C@@H](C)Oc2cccc(C)c2)cc1S(=O)(=O)N1CCCC1. The molecule has 0 spiro atoms. The van der Waals surface area contributed by atoms with Gasteiger partial charge in [-0.15, -0.1) is 0 Å². The maximum absolute atomic E-state index is 13.1. The van der Waals surface area contributed by atoms with Gasteiger partial charge in [-0.2, -0.15) is 4.31 Å². The van der Waals surface area contributed by atoms with Crippen LogP contribution in [0.2, 0.25) is 0 Å². The van der Waals surface area contributed by atoms with Crippen molar-refractivity contribution in [2.24, 2.45) is 0 Å². The van der Waals surface area contributed by atoms with Crippen LogP contribution in [0.5, 0.6) is 11.5 Å². The van der Waals surface area contributed by atoms with E-state index in [9.17, 15) is 13.2 Å². The van der Waals surface area contributed by atoms with Crippen LogP contribution in [-0.4, -0.2) is 44.4 Å². The van der Waals surface area contributed by atoms with Gasteiger partial charge in [0.25, 0.3) is 5.91 Å². The summed E-state index contributed by atoms with van der Waals surface area (Å²) in [5, 5.41) is 2.75. The summed E-state index contributed by atoms with van der Waals surface area (Å²) in [7, 11) is -3.70. The summed E-state index contributed by atoms with van der Waals surface area (Å²) in [6.07, 6.45) is 0.929. The molecule has 0 bridgehead atoms. The number of aryl methyl sites for hydroxylation is 1. The quantitative estimate of drug-likeness (QED) is 0.689. The molecular weight excluding hydrogens is 404 g/mol. The van der Waals surface area contributed by atoms with E-state index in [0.717, 1.165) is 18.4 Å². The fraction of sp³-hybridized carbons (Fsp3) is 0.409. The highest BCUT2D eigenvalue weighted by Gasteiger charge is 2.30. The Morgan fingerprint density at radius 3 is 2.57 bits per heavy atom. The van der Waals surface area contributed by atoms with Gasteiger partial charge in [0.05, 0.1) is 6.61 Å². The van der Waals surface area contributed by atoms with Crippen molar-refractivity contribution in [1.29, 1.82) is 0 Å². The van der Waals surface area contributed by atoms with E-state index in [4.69, 9.17) is 9.47 Å². The number of carbonyl (C=O) groups is 1. The Morgan fingerprint density at radius 2 is 1.90 bits per heavy atom. The van der Waals surface area contributed by atoms with Crippen molar-refractivity contribution >= 4 is 21.6 Å². The van der Waals surface area contributed by atoms with Gasteiger partial charge in [-0.25, -0.2) is 8.42 Å². The molecule has 0 aromatic heterocycles. The Kier molecular flexibility index (Phi) is 6.99. The lowest BCUT2D eigenvalue weighted by Gasteiger charge is -2.20. The molecule has 1 fully saturated rings. The van der Waals surface area contributed by atoms with Crippen LogP contribution in [0.1, 0.15) is 32.3 Å². The summed E-state index contributed by atoms with van der Waals surface area (Å²) < 4.78 is 38.9. The molecule has 2 aromatic carbocycles. The Morgan fingerprint density at radius 1 is 1.17 bits per heavy atom. The molecule has 1 atom stereocenters. The van der Waals surface area contributed by atoms with Crippen LogP contribution in [0.25, 0.3) is 0 Å². The van der Waals surface area contributed by atoms with Crippen LogP contribution >= 0.6 is 0 Å². The van der Waals surface area contributed by atoms with Gasteiger partial charge < -0.3 is 14.8 Å². The maximum Gasteiger partial charge on any atom is 0.265 e. The second kappa shape index (κ2) is 9.49. The van der Waals surface area contributed by atoms with Crippen LogP contribution in [0.15, 0.2) is 47.4 Å². The first-order valence-electron chi connectivity index (χ1n) is 10.1. The second-order valence-corrected chi connectivity index (χ2v) is 9.18. The Labute approximate surface area is 178 Å². The highest BCUT2D eigenvalue weighted by atomic mass is 32.2. The monoisotopic (exact) mass is 432 g/mol. The highest BCUT2D eigenvalue weighted by molar-refractivity contribution is 7.89. The molecule has 0 aliphatic carbocycles. The molecule has 1 heterocycles. The van der Waals surface area contributed by atoms with Crippen molar-refractivity contribution in [3.05, 3.63) is 48.0 Å². The minimum Gasteiger partial charge on any atom is -0.492 e. The van der Waals surface area contributed by atoms with Crippen LogP contribution in [0, 0.1) is 6.92 Å². The van der Waals surface area contributed by atoms with E-state index in [1.807, 2.05) is 25.1 Å². The number of carbonyl (C=O) groups excluding carboxylic acids is 1. The van der Waals surface area contributed by atoms with Crippen LogP contribution in [-0.2, 0) is 14.8 Å². The molecule has 162 valence electrons. The van der Waals surface area contributed by atoms with Gasteiger partial charge in [-0.3, -0.25) is 4.79 Å². The zero-order chi connectivity index (χ0) is 21.7. The Hall–Kier alpha value is -2.58. The topological polar surface area (TPSA) is 84.9 Å². The van der Waals surface area contributed by atoms with E-state index in [1.54, 1.807) is 32.0 Å². The number of ether oxygens (including phenoxy) is 2. The normalized spacial score (nSPS) is 15.6. The average Bonchev–Trinajstić information content (AvgIpc) is 3.25. The number of anilines is 1. The molecule has 1 amide bonds. The molecule has 0 unspecified atom stereocenters. The molecule has 0 saturated carbocycles. The lowest BCUT2D eigenvalue weighted by atomic mass is 10.2. The number of rotatable bonds is 8. The summed E-state index contributed by atoms with van der Waals surface area (Å²) in [5.41, 5.74) is 1.41. The molecule has 1 N–H and O–H groups in total. The van der Waals surface area contributed by atoms with Crippen molar-refractivity contribution < 1.29 is 22.7 Å². The third-order valence-corrected chi connectivity index (χ3v) is 6.79. The largest absolute Gasteiger partial charge is 0.492 e. The Bertz CT molecular complexity index is 1000. The number of benzene rings is 2. The summed E-state index contributed by atoms with van der Waals surface area (Å²) in [6.45, 7) is 6.72. The van der Waals surface area contributed by atoms with E-state index >= 15 is 0 Å². The summed E-state index contributed by atoms with van der Waals surface area (Å²) in [5.74, 6) is 0.512. The first-order valence-corrected chi connectivity index (χ1v) is 11.6. The van der Waals surface area contributed by atoms with E-state index in [0.29, 0.717) is 31.1 Å². The van der Waals surface area contributed by atoms with Gasteiger partial charge in [0.15, 0.2) is 6.10 Å². The summed E-state index contributed by atoms with van der Waals surface area (Å²) >= 11 is 0. The molecule has 0 radical (unpaired) electrons. The molecule has 7 nitrogen and oxygen atoms in total. The number of sulfonamides is 1. The minimum atomic E-state index is -3.70. The zero-order valence-electron chi connectivity index (χ0n) is 17.6.